The highest BCUT2D eigenvalue weighted by molar-refractivity contribution is 5.89. The summed E-state index contributed by atoms with van der Waals surface area (Å²) >= 11 is 0. The van der Waals surface area contributed by atoms with Crippen LogP contribution >= 0.6 is 0 Å². The van der Waals surface area contributed by atoms with Crippen molar-refractivity contribution in [2.45, 2.75) is 32.1 Å². The van der Waals surface area contributed by atoms with Crippen molar-refractivity contribution in [3.8, 4) is 0 Å². The molecule has 0 unspecified atom stereocenters. The van der Waals surface area contributed by atoms with Crippen LogP contribution in [0.2, 0.25) is 0 Å². The lowest BCUT2D eigenvalue weighted by atomic mass is 10.1. The SMILES string of the molecule is C/C(=N/NC(=O)[C@@H]1C[C@@H]1c1ccccc1)C1CC1. The van der Waals surface area contributed by atoms with Crippen LogP contribution in [0.1, 0.15) is 37.7 Å². The molecule has 2 saturated carbocycles. The smallest absolute Gasteiger partial charge is 0.243 e. The minimum atomic E-state index is 0.0730. The lowest BCUT2D eigenvalue weighted by Crippen LogP contribution is -2.21. The van der Waals surface area contributed by atoms with E-state index in [1.807, 2.05) is 25.1 Å². The molecule has 3 rings (SSSR count). The van der Waals surface area contributed by atoms with Crippen molar-refractivity contribution in [1.82, 2.24) is 5.43 Å². The van der Waals surface area contributed by atoms with Crippen LogP contribution in [0, 0.1) is 11.8 Å². The van der Waals surface area contributed by atoms with E-state index >= 15 is 0 Å². The average Bonchev–Trinajstić information content (AvgIpc) is 3.29. The molecule has 18 heavy (non-hydrogen) atoms. The third kappa shape index (κ3) is 2.45. The van der Waals surface area contributed by atoms with Crippen LogP contribution in [0.4, 0.5) is 0 Å². The summed E-state index contributed by atoms with van der Waals surface area (Å²) in [4.78, 5) is 11.9. The van der Waals surface area contributed by atoms with Crippen molar-refractivity contribution < 1.29 is 4.79 Å². The fourth-order valence-corrected chi connectivity index (χ4v) is 2.37. The predicted octanol–water partition coefficient (Wildman–Crippen LogP) is 2.69. The van der Waals surface area contributed by atoms with Crippen LogP contribution in [0.3, 0.4) is 0 Å². The topological polar surface area (TPSA) is 41.5 Å². The lowest BCUT2D eigenvalue weighted by Gasteiger charge is -2.01. The van der Waals surface area contributed by atoms with Crippen LogP contribution in [0.5, 0.6) is 0 Å². The van der Waals surface area contributed by atoms with Gasteiger partial charge >= 0.3 is 0 Å². The van der Waals surface area contributed by atoms with Gasteiger partial charge in [0.15, 0.2) is 0 Å². The maximum absolute atomic E-state index is 11.9. The highest BCUT2D eigenvalue weighted by atomic mass is 16.2. The largest absolute Gasteiger partial charge is 0.273 e. The molecule has 0 radical (unpaired) electrons. The van der Waals surface area contributed by atoms with Gasteiger partial charge in [-0.15, -0.1) is 0 Å². The van der Waals surface area contributed by atoms with Gasteiger partial charge in [-0.1, -0.05) is 30.3 Å². The fraction of sp³-hybridized carbons (Fsp3) is 0.467. The Balaban J connectivity index is 1.54. The molecule has 94 valence electrons. The average molecular weight is 242 g/mol. The number of carbonyl (C=O) groups excluding carboxylic acids is 1. The first kappa shape index (κ1) is 11.5. The second kappa shape index (κ2) is 4.56. The second-order valence-corrected chi connectivity index (χ2v) is 5.36. The Morgan fingerprint density at radius 3 is 2.67 bits per heavy atom. The number of hydrazone groups is 1. The maximum atomic E-state index is 11.9. The van der Waals surface area contributed by atoms with E-state index in [-0.39, 0.29) is 11.8 Å². The van der Waals surface area contributed by atoms with Crippen molar-refractivity contribution in [2.24, 2.45) is 16.9 Å². The molecule has 1 amide bonds. The highest BCUT2D eigenvalue weighted by Gasteiger charge is 2.43. The first-order valence-corrected chi connectivity index (χ1v) is 6.64. The van der Waals surface area contributed by atoms with Crippen LogP contribution in [-0.2, 0) is 4.79 Å². The predicted molar refractivity (Wildman–Crippen MR) is 71.3 cm³/mol. The van der Waals surface area contributed by atoms with Crippen molar-refractivity contribution in [2.75, 3.05) is 0 Å². The van der Waals surface area contributed by atoms with Crippen LogP contribution in [0.15, 0.2) is 35.4 Å². The van der Waals surface area contributed by atoms with Crippen molar-refractivity contribution in [1.29, 1.82) is 0 Å². The van der Waals surface area contributed by atoms with Crippen molar-refractivity contribution >= 4 is 11.6 Å². The van der Waals surface area contributed by atoms with Gasteiger partial charge in [0.25, 0.3) is 0 Å². The van der Waals surface area contributed by atoms with E-state index < -0.39 is 0 Å². The van der Waals surface area contributed by atoms with Gasteiger partial charge in [-0.05, 0) is 43.6 Å². The Morgan fingerprint density at radius 2 is 2.00 bits per heavy atom. The number of hydrogen-bond donors (Lipinski definition) is 1. The summed E-state index contributed by atoms with van der Waals surface area (Å²) in [7, 11) is 0. The number of carbonyl (C=O) groups is 1. The summed E-state index contributed by atoms with van der Waals surface area (Å²) in [5.41, 5.74) is 5.05. The minimum Gasteiger partial charge on any atom is -0.273 e. The molecule has 0 spiro atoms. The molecule has 0 aromatic heterocycles. The van der Waals surface area contributed by atoms with Crippen LogP contribution in [-0.4, -0.2) is 11.6 Å². The maximum Gasteiger partial charge on any atom is 0.243 e. The van der Waals surface area contributed by atoms with Gasteiger partial charge in [0.1, 0.15) is 0 Å². The molecule has 1 aromatic rings. The number of amides is 1. The fourth-order valence-electron chi connectivity index (χ4n) is 2.37. The molecule has 1 N–H and O–H groups in total. The summed E-state index contributed by atoms with van der Waals surface area (Å²) < 4.78 is 0. The molecule has 2 aliphatic carbocycles. The van der Waals surface area contributed by atoms with E-state index in [1.165, 1.54) is 18.4 Å². The Morgan fingerprint density at radius 1 is 1.28 bits per heavy atom. The van der Waals surface area contributed by atoms with E-state index in [0.29, 0.717) is 11.8 Å². The zero-order valence-electron chi connectivity index (χ0n) is 10.6. The van der Waals surface area contributed by atoms with E-state index in [0.717, 1.165) is 12.1 Å². The molecule has 2 fully saturated rings. The zero-order valence-corrected chi connectivity index (χ0v) is 10.6. The normalized spacial score (nSPS) is 26.8. The summed E-state index contributed by atoms with van der Waals surface area (Å²) in [6.45, 7) is 2.00. The number of hydrogen-bond acceptors (Lipinski definition) is 2. The molecule has 0 heterocycles. The van der Waals surface area contributed by atoms with E-state index in [2.05, 4.69) is 22.7 Å². The Bertz CT molecular complexity index is 477. The van der Waals surface area contributed by atoms with Gasteiger partial charge < -0.3 is 0 Å². The quantitative estimate of drug-likeness (QED) is 0.640. The molecule has 2 aliphatic rings. The molecule has 3 heteroatoms. The van der Waals surface area contributed by atoms with Crippen molar-refractivity contribution in [3.63, 3.8) is 0 Å². The van der Waals surface area contributed by atoms with Crippen molar-refractivity contribution in [3.05, 3.63) is 35.9 Å². The lowest BCUT2D eigenvalue weighted by molar-refractivity contribution is -0.122. The first-order valence-electron chi connectivity index (χ1n) is 6.64. The van der Waals surface area contributed by atoms with E-state index in [4.69, 9.17) is 0 Å². The molecule has 0 saturated heterocycles. The van der Waals surface area contributed by atoms with Crippen LogP contribution < -0.4 is 5.43 Å². The van der Waals surface area contributed by atoms with Gasteiger partial charge in [-0.3, -0.25) is 4.79 Å². The standard InChI is InChI=1S/C15H18N2O/c1-10(11-7-8-11)16-17-15(18)14-9-13(14)12-5-3-2-4-6-12/h2-6,11,13-14H,7-9H2,1H3,(H,17,18)/b16-10-/t13-,14-/m1/s1. The van der Waals surface area contributed by atoms with Gasteiger partial charge in [0.05, 0.1) is 0 Å². The Hall–Kier alpha value is -1.64. The van der Waals surface area contributed by atoms with E-state index in [1.54, 1.807) is 0 Å². The minimum absolute atomic E-state index is 0.0730. The molecular formula is C15H18N2O. The van der Waals surface area contributed by atoms with Gasteiger partial charge in [0, 0.05) is 11.6 Å². The Kier molecular flexibility index (Phi) is 2.90. The molecule has 0 aliphatic heterocycles. The highest BCUT2D eigenvalue weighted by Crippen LogP contribution is 2.47. The third-order valence-electron chi connectivity index (χ3n) is 3.87. The van der Waals surface area contributed by atoms with Gasteiger partial charge in [-0.2, -0.15) is 5.10 Å². The number of nitrogens with zero attached hydrogens (tertiary/aromatic N) is 1. The monoisotopic (exact) mass is 242 g/mol. The zero-order chi connectivity index (χ0) is 12.5. The van der Waals surface area contributed by atoms with Crippen LogP contribution in [0.25, 0.3) is 0 Å². The molecule has 2 atom stereocenters. The molecule has 1 aromatic carbocycles. The summed E-state index contributed by atoms with van der Waals surface area (Å²) in [6, 6.07) is 10.2. The van der Waals surface area contributed by atoms with Gasteiger partial charge in [-0.25, -0.2) is 5.43 Å². The molecular weight excluding hydrogens is 224 g/mol. The second-order valence-electron chi connectivity index (χ2n) is 5.36. The summed E-state index contributed by atoms with van der Waals surface area (Å²) in [5.74, 6) is 1.20. The van der Waals surface area contributed by atoms with E-state index in [9.17, 15) is 4.79 Å². The Labute approximate surface area is 107 Å². The number of benzene rings is 1. The molecule has 0 bridgehead atoms. The summed E-state index contributed by atoms with van der Waals surface area (Å²) in [5, 5.41) is 4.19. The summed E-state index contributed by atoms with van der Waals surface area (Å²) in [6.07, 6.45) is 3.40. The number of nitrogens with one attached hydrogen (secondary N) is 1. The first-order chi connectivity index (χ1) is 8.75. The third-order valence-corrected chi connectivity index (χ3v) is 3.87. The van der Waals surface area contributed by atoms with Gasteiger partial charge in [0.2, 0.25) is 5.91 Å². The molecule has 3 nitrogen and oxygen atoms in total. The number of rotatable bonds is 4.